The van der Waals surface area contributed by atoms with E-state index in [0.717, 1.165) is 28.1 Å². The summed E-state index contributed by atoms with van der Waals surface area (Å²) < 4.78 is 5.67. The third kappa shape index (κ3) is 2.69. The van der Waals surface area contributed by atoms with Crippen molar-refractivity contribution >= 4 is 22.9 Å². The molecule has 0 saturated carbocycles. The Kier molecular flexibility index (Phi) is 3.71. The second-order valence-electron chi connectivity index (χ2n) is 4.48. The molecule has 20 heavy (non-hydrogen) atoms. The highest BCUT2D eigenvalue weighted by Crippen LogP contribution is 2.29. The van der Waals surface area contributed by atoms with Gasteiger partial charge in [-0.1, -0.05) is 19.1 Å². The van der Waals surface area contributed by atoms with Crippen LogP contribution >= 0.6 is 11.8 Å². The van der Waals surface area contributed by atoms with Gasteiger partial charge < -0.3 is 10.2 Å². The number of oxazole rings is 1. The molecule has 0 aliphatic carbocycles. The van der Waals surface area contributed by atoms with E-state index in [0.29, 0.717) is 5.22 Å². The van der Waals surface area contributed by atoms with Crippen LogP contribution in [0.5, 0.6) is 0 Å². The summed E-state index contributed by atoms with van der Waals surface area (Å²) >= 11 is 1.46. The SMILES string of the molecule is CCC(N)c1ccc(Sc2nc3ccccc3o2)cn1. The second kappa shape index (κ2) is 5.64. The van der Waals surface area contributed by atoms with Gasteiger partial charge in [0.15, 0.2) is 5.58 Å². The molecular formula is C15H15N3OS. The van der Waals surface area contributed by atoms with Gasteiger partial charge in [0.05, 0.1) is 5.69 Å². The fourth-order valence-electron chi connectivity index (χ4n) is 1.88. The molecule has 0 aliphatic rings. The molecule has 5 heteroatoms. The molecule has 3 rings (SSSR count). The average molecular weight is 285 g/mol. The predicted octanol–water partition coefficient (Wildman–Crippen LogP) is 3.78. The van der Waals surface area contributed by atoms with Gasteiger partial charge in [-0.25, -0.2) is 4.98 Å². The van der Waals surface area contributed by atoms with Crippen LogP contribution in [0.4, 0.5) is 0 Å². The Bertz CT molecular complexity index is 675. The number of fused-ring (bicyclic) bond motifs is 1. The van der Waals surface area contributed by atoms with Gasteiger partial charge in [-0.05, 0) is 42.4 Å². The minimum atomic E-state index is -0.00150. The third-order valence-electron chi connectivity index (χ3n) is 3.06. The Morgan fingerprint density at radius 3 is 2.80 bits per heavy atom. The number of aromatic nitrogens is 2. The number of hydrogen-bond acceptors (Lipinski definition) is 5. The van der Waals surface area contributed by atoms with Gasteiger partial charge in [0, 0.05) is 17.1 Å². The van der Waals surface area contributed by atoms with E-state index < -0.39 is 0 Å². The van der Waals surface area contributed by atoms with Gasteiger partial charge in [0.1, 0.15) is 5.52 Å². The maximum absolute atomic E-state index is 5.95. The summed E-state index contributed by atoms with van der Waals surface area (Å²) in [4.78, 5) is 9.80. The molecule has 0 fully saturated rings. The van der Waals surface area contributed by atoms with Crippen molar-refractivity contribution in [2.24, 2.45) is 5.73 Å². The smallest absolute Gasteiger partial charge is 0.261 e. The Balaban J connectivity index is 1.80. The molecule has 0 radical (unpaired) electrons. The number of para-hydroxylation sites is 2. The molecule has 0 spiro atoms. The summed E-state index contributed by atoms with van der Waals surface area (Å²) in [5.74, 6) is 0. The fraction of sp³-hybridized carbons (Fsp3) is 0.200. The van der Waals surface area contributed by atoms with Crippen LogP contribution in [0.1, 0.15) is 25.1 Å². The van der Waals surface area contributed by atoms with Crippen molar-refractivity contribution in [1.82, 2.24) is 9.97 Å². The molecule has 2 heterocycles. The normalized spacial score (nSPS) is 12.7. The zero-order valence-corrected chi connectivity index (χ0v) is 11.9. The zero-order chi connectivity index (χ0) is 13.9. The van der Waals surface area contributed by atoms with Crippen LogP contribution in [-0.2, 0) is 0 Å². The van der Waals surface area contributed by atoms with E-state index in [4.69, 9.17) is 10.2 Å². The van der Waals surface area contributed by atoms with Gasteiger partial charge in [-0.2, -0.15) is 0 Å². The lowest BCUT2D eigenvalue weighted by Gasteiger charge is -2.07. The number of hydrogen-bond donors (Lipinski definition) is 1. The predicted molar refractivity (Wildman–Crippen MR) is 79.6 cm³/mol. The Labute approximate surface area is 121 Å². The monoisotopic (exact) mass is 285 g/mol. The first kappa shape index (κ1) is 13.1. The minimum Gasteiger partial charge on any atom is -0.431 e. The standard InChI is InChI=1S/C15H15N3OS/c1-2-11(16)12-8-7-10(9-17-12)20-15-18-13-5-3-4-6-14(13)19-15/h3-9,11H,2,16H2,1H3. The van der Waals surface area contributed by atoms with Crippen LogP contribution < -0.4 is 5.73 Å². The van der Waals surface area contributed by atoms with E-state index >= 15 is 0 Å². The molecule has 1 unspecified atom stereocenters. The van der Waals surface area contributed by atoms with Gasteiger partial charge >= 0.3 is 0 Å². The van der Waals surface area contributed by atoms with Crippen molar-refractivity contribution in [3.8, 4) is 0 Å². The molecule has 0 amide bonds. The molecule has 0 saturated heterocycles. The van der Waals surface area contributed by atoms with Crippen LogP contribution in [0.2, 0.25) is 0 Å². The maximum atomic E-state index is 5.95. The van der Waals surface area contributed by atoms with Crippen LogP contribution in [0, 0.1) is 0 Å². The molecule has 1 atom stereocenters. The molecule has 0 bridgehead atoms. The van der Waals surface area contributed by atoms with Crippen molar-refractivity contribution in [2.75, 3.05) is 0 Å². The van der Waals surface area contributed by atoms with Crippen LogP contribution in [0.3, 0.4) is 0 Å². The summed E-state index contributed by atoms with van der Waals surface area (Å²) in [5.41, 5.74) is 8.53. The lowest BCUT2D eigenvalue weighted by atomic mass is 10.1. The fourth-order valence-corrected chi connectivity index (χ4v) is 2.59. The maximum Gasteiger partial charge on any atom is 0.261 e. The number of pyridine rings is 1. The van der Waals surface area contributed by atoms with E-state index in [9.17, 15) is 0 Å². The van der Waals surface area contributed by atoms with Gasteiger partial charge in [0.25, 0.3) is 5.22 Å². The highest BCUT2D eigenvalue weighted by Gasteiger charge is 2.09. The third-order valence-corrected chi connectivity index (χ3v) is 3.88. The van der Waals surface area contributed by atoms with Crippen molar-refractivity contribution in [1.29, 1.82) is 0 Å². The molecule has 102 valence electrons. The Morgan fingerprint density at radius 1 is 1.25 bits per heavy atom. The Morgan fingerprint density at radius 2 is 2.10 bits per heavy atom. The van der Waals surface area contributed by atoms with E-state index in [1.54, 1.807) is 0 Å². The van der Waals surface area contributed by atoms with Crippen LogP contribution in [0.15, 0.2) is 57.1 Å². The number of nitrogens with two attached hydrogens (primary N) is 1. The molecule has 1 aromatic carbocycles. The molecule has 2 N–H and O–H groups in total. The molecule has 2 aromatic heterocycles. The molecular weight excluding hydrogens is 270 g/mol. The van der Waals surface area contributed by atoms with E-state index in [1.807, 2.05) is 49.5 Å². The van der Waals surface area contributed by atoms with E-state index in [2.05, 4.69) is 9.97 Å². The number of rotatable bonds is 4. The molecule has 4 nitrogen and oxygen atoms in total. The highest BCUT2D eigenvalue weighted by atomic mass is 32.2. The summed E-state index contributed by atoms with van der Waals surface area (Å²) in [6.45, 7) is 2.05. The number of benzene rings is 1. The first-order chi connectivity index (χ1) is 9.76. The van der Waals surface area contributed by atoms with Gasteiger partial charge in [-0.15, -0.1) is 0 Å². The van der Waals surface area contributed by atoms with E-state index in [1.165, 1.54) is 11.8 Å². The lowest BCUT2D eigenvalue weighted by Crippen LogP contribution is -2.10. The summed E-state index contributed by atoms with van der Waals surface area (Å²) in [6.07, 6.45) is 2.69. The molecule has 3 aromatic rings. The number of nitrogens with zero attached hydrogens (tertiary/aromatic N) is 2. The van der Waals surface area contributed by atoms with Gasteiger partial charge in [-0.3, -0.25) is 4.98 Å². The minimum absolute atomic E-state index is 0.00150. The van der Waals surface area contributed by atoms with Crippen molar-refractivity contribution < 1.29 is 4.42 Å². The zero-order valence-electron chi connectivity index (χ0n) is 11.1. The van der Waals surface area contributed by atoms with Crippen molar-refractivity contribution in [2.45, 2.75) is 29.5 Å². The summed E-state index contributed by atoms with van der Waals surface area (Å²) in [6, 6.07) is 11.7. The first-order valence-corrected chi connectivity index (χ1v) is 7.33. The lowest BCUT2D eigenvalue weighted by molar-refractivity contribution is 0.489. The average Bonchev–Trinajstić information content (AvgIpc) is 2.89. The van der Waals surface area contributed by atoms with Crippen LogP contribution in [0.25, 0.3) is 11.1 Å². The first-order valence-electron chi connectivity index (χ1n) is 6.51. The topological polar surface area (TPSA) is 64.9 Å². The Hall–Kier alpha value is -1.85. The van der Waals surface area contributed by atoms with Gasteiger partial charge in [0.2, 0.25) is 0 Å². The summed E-state index contributed by atoms with van der Waals surface area (Å²) in [7, 11) is 0. The van der Waals surface area contributed by atoms with E-state index in [-0.39, 0.29) is 6.04 Å². The highest BCUT2D eigenvalue weighted by molar-refractivity contribution is 7.99. The van der Waals surface area contributed by atoms with Crippen LogP contribution in [-0.4, -0.2) is 9.97 Å². The second-order valence-corrected chi connectivity index (χ2v) is 5.51. The summed E-state index contributed by atoms with van der Waals surface area (Å²) in [5, 5.41) is 0.625. The van der Waals surface area contributed by atoms with Crippen molar-refractivity contribution in [3.63, 3.8) is 0 Å². The molecule has 0 aliphatic heterocycles. The van der Waals surface area contributed by atoms with Crippen molar-refractivity contribution in [3.05, 3.63) is 48.3 Å². The quantitative estimate of drug-likeness (QED) is 0.790. The largest absolute Gasteiger partial charge is 0.431 e.